The number of hydrogen-bond acceptors (Lipinski definition) is 3. The largest absolute Gasteiger partial charge is 0.360 e. The van der Waals surface area contributed by atoms with Gasteiger partial charge < -0.3 is 4.98 Å². The van der Waals surface area contributed by atoms with Crippen LogP contribution in [0.4, 0.5) is 0 Å². The fraction of sp³-hybridized carbons (Fsp3) is 0.438. The van der Waals surface area contributed by atoms with E-state index >= 15 is 0 Å². The number of carbonyl (C=O) groups is 1. The van der Waals surface area contributed by atoms with Gasteiger partial charge in [0.1, 0.15) is 0 Å². The highest BCUT2D eigenvalue weighted by Crippen LogP contribution is 2.22. The first-order chi connectivity index (χ1) is 9.78. The van der Waals surface area contributed by atoms with Crippen LogP contribution in [0.25, 0.3) is 10.9 Å². The van der Waals surface area contributed by atoms with Crippen molar-refractivity contribution in [2.24, 2.45) is 0 Å². The molecule has 1 atom stereocenters. The molecule has 1 aromatic heterocycles. The summed E-state index contributed by atoms with van der Waals surface area (Å²) in [7, 11) is 0. The van der Waals surface area contributed by atoms with Crippen molar-refractivity contribution in [3.63, 3.8) is 0 Å². The quantitative estimate of drug-likeness (QED) is 0.878. The molecule has 2 aromatic rings. The number of nitrogens with one attached hydrogen (secondary N) is 1. The Morgan fingerprint density at radius 2 is 2.30 bits per heavy atom. The number of carbonyl (C=O) groups excluding carboxylic acids is 1. The lowest BCUT2D eigenvalue weighted by Gasteiger charge is -2.31. The van der Waals surface area contributed by atoms with Crippen molar-refractivity contribution >= 4 is 28.4 Å². The van der Waals surface area contributed by atoms with Crippen molar-refractivity contribution in [2.75, 3.05) is 25.4 Å². The molecule has 0 bridgehead atoms. The van der Waals surface area contributed by atoms with Crippen LogP contribution in [-0.2, 0) is 0 Å². The van der Waals surface area contributed by atoms with Crippen LogP contribution < -0.4 is 0 Å². The van der Waals surface area contributed by atoms with E-state index < -0.39 is 0 Å². The van der Waals surface area contributed by atoms with E-state index in [0.717, 1.165) is 35.3 Å². The van der Waals surface area contributed by atoms with Crippen LogP contribution in [0.5, 0.6) is 0 Å². The second-order valence-corrected chi connectivity index (χ2v) is 6.72. The maximum absolute atomic E-state index is 12.5. The summed E-state index contributed by atoms with van der Waals surface area (Å²) in [5.74, 6) is 1.36. The topological polar surface area (TPSA) is 36.1 Å². The van der Waals surface area contributed by atoms with Crippen LogP contribution in [0.15, 0.2) is 30.5 Å². The third-order valence-electron chi connectivity index (χ3n) is 3.94. The minimum atomic E-state index is 0.226. The molecule has 2 heterocycles. The van der Waals surface area contributed by atoms with Crippen molar-refractivity contribution in [3.8, 4) is 0 Å². The lowest BCUT2D eigenvalue weighted by atomic mass is 10.1. The van der Waals surface area contributed by atoms with Crippen molar-refractivity contribution in [1.29, 1.82) is 0 Å². The number of hydrogen-bond donors (Lipinski definition) is 1. The maximum atomic E-state index is 12.5. The van der Waals surface area contributed by atoms with Crippen LogP contribution in [0.3, 0.4) is 0 Å². The molecule has 0 aliphatic carbocycles. The highest BCUT2D eigenvalue weighted by molar-refractivity contribution is 8.00. The van der Waals surface area contributed by atoms with Gasteiger partial charge in [-0.3, -0.25) is 9.69 Å². The number of thioether (sulfide) groups is 1. The van der Waals surface area contributed by atoms with Gasteiger partial charge in [-0.1, -0.05) is 25.1 Å². The van der Waals surface area contributed by atoms with Crippen molar-refractivity contribution in [1.82, 2.24) is 9.88 Å². The molecule has 0 radical (unpaired) electrons. The second-order valence-electron chi connectivity index (χ2n) is 5.31. The molecular weight excluding hydrogens is 268 g/mol. The number of fused-ring (bicyclic) bond motifs is 1. The third kappa shape index (κ3) is 2.76. The standard InChI is InChI=1S/C16H20N2OS/c1-2-12-10-18(7-8-20-12)11-16(19)14-9-17-15-6-4-3-5-13(14)15/h3-6,9,12,17H,2,7-8,10-11H2,1H3. The molecule has 1 fully saturated rings. The zero-order chi connectivity index (χ0) is 13.9. The van der Waals surface area contributed by atoms with E-state index in [4.69, 9.17) is 0 Å². The highest BCUT2D eigenvalue weighted by Gasteiger charge is 2.22. The fourth-order valence-corrected chi connectivity index (χ4v) is 4.01. The summed E-state index contributed by atoms with van der Waals surface area (Å²) in [6, 6.07) is 8.00. The summed E-state index contributed by atoms with van der Waals surface area (Å²) in [6.45, 7) is 4.83. The molecule has 106 valence electrons. The molecule has 1 aliphatic heterocycles. The molecular formula is C16H20N2OS. The van der Waals surface area contributed by atoms with E-state index in [-0.39, 0.29) is 5.78 Å². The molecule has 0 amide bonds. The third-order valence-corrected chi connectivity index (χ3v) is 5.31. The Morgan fingerprint density at radius 3 is 3.15 bits per heavy atom. The average molecular weight is 288 g/mol. The van der Waals surface area contributed by atoms with Gasteiger partial charge in [-0.25, -0.2) is 0 Å². The first kappa shape index (κ1) is 13.7. The monoisotopic (exact) mass is 288 g/mol. The van der Waals surface area contributed by atoms with E-state index in [1.807, 2.05) is 42.2 Å². The van der Waals surface area contributed by atoms with E-state index in [1.54, 1.807) is 0 Å². The number of rotatable bonds is 4. The molecule has 4 heteroatoms. The Labute approximate surface area is 123 Å². The molecule has 0 saturated carbocycles. The molecule has 20 heavy (non-hydrogen) atoms. The first-order valence-electron chi connectivity index (χ1n) is 7.21. The number of Topliss-reactive ketones (excluding diaryl/α,β-unsaturated/α-hetero) is 1. The van der Waals surface area contributed by atoms with Gasteiger partial charge >= 0.3 is 0 Å². The van der Waals surface area contributed by atoms with Crippen LogP contribution in [0.1, 0.15) is 23.7 Å². The Morgan fingerprint density at radius 1 is 1.45 bits per heavy atom. The van der Waals surface area contributed by atoms with Gasteiger partial charge in [0.25, 0.3) is 0 Å². The summed E-state index contributed by atoms with van der Waals surface area (Å²) in [5.41, 5.74) is 1.86. The van der Waals surface area contributed by atoms with Gasteiger partial charge in [0, 0.05) is 46.8 Å². The van der Waals surface area contributed by atoms with Crippen molar-refractivity contribution in [3.05, 3.63) is 36.0 Å². The van der Waals surface area contributed by atoms with Crippen molar-refractivity contribution < 1.29 is 4.79 Å². The molecule has 1 saturated heterocycles. The lowest BCUT2D eigenvalue weighted by Crippen LogP contribution is -2.40. The fourth-order valence-electron chi connectivity index (χ4n) is 2.76. The van der Waals surface area contributed by atoms with Crippen LogP contribution in [0.2, 0.25) is 0 Å². The predicted molar refractivity (Wildman–Crippen MR) is 85.6 cm³/mol. The van der Waals surface area contributed by atoms with Crippen LogP contribution in [0, 0.1) is 0 Å². The number of para-hydroxylation sites is 1. The number of aromatic nitrogens is 1. The molecule has 3 rings (SSSR count). The van der Waals surface area contributed by atoms with Gasteiger partial charge in [-0.05, 0) is 12.5 Å². The Balaban J connectivity index is 1.73. The number of benzene rings is 1. The van der Waals surface area contributed by atoms with Gasteiger partial charge in [-0.15, -0.1) is 0 Å². The van der Waals surface area contributed by atoms with Crippen molar-refractivity contribution in [2.45, 2.75) is 18.6 Å². The van der Waals surface area contributed by atoms with Crippen LogP contribution >= 0.6 is 11.8 Å². The molecule has 1 unspecified atom stereocenters. The lowest BCUT2D eigenvalue weighted by molar-refractivity contribution is 0.0934. The summed E-state index contributed by atoms with van der Waals surface area (Å²) in [6.07, 6.45) is 3.03. The Hall–Kier alpha value is -1.26. The predicted octanol–water partition coefficient (Wildman–Crippen LogP) is 3.18. The Kier molecular flexibility index (Phi) is 4.13. The normalized spacial score (nSPS) is 20.4. The first-order valence-corrected chi connectivity index (χ1v) is 8.26. The minimum absolute atomic E-state index is 0.226. The zero-order valence-electron chi connectivity index (χ0n) is 11.8. The highest BCUT2D eigenvalue weighted by atomic mass is 32.2. The SMILES string of the molecule is CCC1CN(CC(=O)c2c[nH]c3ccccc23)CCS1. The van der Waals surface area contributed by atoms with E-state index in [1.165, 1.54) is 6.42 Å². The number of H-pyrrole nitrogens is 1. The molecule has 1 N–H and O–H groups in total. The molecule has 0 spiro atoms. The summed E-state index contributed by atoms with van der Waals surface area (Å²) in [4.78, 5) is 18.0. The van der Waals surface area contributed by atoms with Gasteiger partial charge in [0.05, 0.1) is 6.54 Å². The number of aromatic amines is 1. The molecule has 1 aromatic carbocycles. The van der Waals surface area contributed by atoms with E-state index in [0.29, 0.717) is 11.8 Å². The van der Waals surface area contributed by atoms with Gasteiger partial charge in [0.15, 0.2) is 5.78 Å². The second kappa shape index (κ2) is 6.02. The molecule has 3 nitrogen and oxygen atoms in total. The zero-order valence-corrected chi connectivity index (χ0v) is 12.6. The smallest absolute Gasteiger partial charge is 0.178 e. The van der Waals surface area contributed by atoms with E-state index in [9.17, 15) is 4.79 Å². The summed E-state index contributed by atoms with van der Waals surface area (Å²) < 4.78 is 0. The summed E-state index contributed by atoms with van der Waals surface area (Å²) in [5, 5.41) is 1.72. The minimum Gasteiger partial charge on any atom is -0.360 e. The molecule has 1 aliphatic rings. The van der Waals surface area contributed by atoms with Crippen LogP contribution in [-0.4, -0.2) is 46.3 Å². The summed E-state index contributed by atoms with van der Waals surface area (Å²) >= 11 is 2.03. The maximum Gasteiger partial charge on any atom is 0.178 e. The number of nitrogens with zero attached hydrogens (tertiary/aromatic N) is 1. The van der Waals surface area contributed by atoms with Gasteiger partial charge in [0.2, 0.25) is 0 Å². The average Bonchev–Trinajstić information content (AvgIpc) is 2.91. The van der Waals surface area contributed by atoms with Gasteiger partial charge in [-0.2, -0.15) is 11.8 Å². The number of ketones is 1. The van der Waals surface area contributed by atoms with E-state index in [2.05, 4.69) is 16.8 Å². The Bertz CT molecular complexity index is 607.